The predicted molar refractivity (Wildman–Crippen MR) is 90.9 cm³/mol. The summed E-state index contributed by atoms with van der Waals surface area (Å²) in [6.07, 6.45) is 4.64. The Morgan fingerprint density at radius 1 is 1.04 bits per heavy atom. The van der Waals surface area contributed by atoms with Gasteiger partial charge in [-0.25, -0.2) is 0 Å². The van der Waals surface area contributed by atoms with E-state index in [-0.39, 0.29) is 6.61 Å². The Morgan fingerprint density at radius 2 is 1.67 bits per heavy atom. The summed E-state index contributed by atoms with van der Waals surface area (Å²) in [6.45, 7) is 0.125. The van der Waals surface area contributed by atoms with Gasteiger partial charge >= 0.3 is 5.97 Å². The fourth-order valence-electron chi connectivity index (χ4n) is 2.65. The molecule has 2 atom stereocenters. The molecule has 2 aromatic carbocycles. The fraction of sp³-hybridized carbons (Fsp3) is 0.150. The minimum absolute atomic E-state index is 0.125. The molecular formula is C20H18O4. The highest BCUT2D eigenvalue weighted by molar-refractivity contribution is 5.83. The molecule has 2 aromatic rings. The molecule has 0 saturated carbocycles. The normalized spacial score (nSPS) is 22.9. The minimum atomic E-state index is -1.88. The van der Waals surface area contributed by atoms with Crippen molar-refractivity contribution in [2.45, 2.75) is 12.4 Å². The second kappa shape index (κ2) is 6.83. The van der Waals surface area contributed by atoms with E-state index in [1.165, 1.54) is 12.2 Å². The van der Waals surface area contributed by atoms with Gasteiger partial charge in [0.05, 0.1) is 6.61 Å². The van der Waals surface area contributed by atoms with Crippen molar-refractivity contribution in [2.24, 2.45) is 5.92 Å². The number of carbonyl (C=O) groups is 1. The first kappa shape index (κ1) is 16.2. The van der Waals surface area contributed by atoms with E-state index >= 15 is 0 Å². The molecule has 4 nitrogen and oxygen atoms in total. The summed E-state index contributed by atoms with van der Waals surface area (Å²) < 4.78 is 5.56. The monoisotopic (exact) mass is 322 g/mol. The van der Waals surface area contributed by atoms with Gasteiger partial charge in [0.15, 0.2) is 0 Å². The maximum absolute atomic E-state index is 11.6. The first-order chi connectivity index (χ1) is 11.6. The SMILES string of the molecule is O=C(O)C1C=C(c2ccccc2)C=CC1(O)OCc1ccccc1. The van der Waals surface area contributed by atoms with Crippen LogP contribution in [0.1, 0.15) is 11.1 Å². The lowest BCUT2D eigenvalue weighted by atomic mass is 9.87. The molecular weight excluding hydrogens is 304 g/mol. The molecule has 3 rings (SSSR count). The first-order valence-corrected chi connectivity index (χ1v) is 7.68. The Labute approximate surface area is 140 Å². The Balaban J connectivity index is 1.83. The molecule has 1 aliphatic carbocycles. The van der Waals surface area contributed by atoms with Crippen LogP contribution in [0.3, 0.4) is 0 Å². The summed E-state index contributed by atoms with van der Waals surface area (Å²) in [5, 5.41) is 20.2. The fourth-order valence-corrected chi connectivity index (χ4v) is 2.65. The van der Waals surface area contributed by atoms with Gasteiger partial charge in [-0.2, -0.15) is 0 Å². The lowest BCUT2D eigenvalue weighted by molar-refractivity contribution is -0.207. The van der Waals surface area contributed by atoms with Crippen molar-refractivity contribution >= 4 is 11.5 Å². The van der Waals surface area contributed by atoms with Crippen LogP contribution >= 0.6 is 0 Å². The number of aliphatic hydroxyl groups is 1. The molecule has 4 heteroatoms. The van der Waals surface area contributed by atoms with Crippen LogP contribution in [0.2, 0.25) is 0 Å². The summed E-state index contributed by atoms with van der Waals surface area (Å²) in [6, 6.07) is 18.8. The molecule has 0 heterocycles. The Bertz CT molecular complexity index is 765. The van der Waals surface area contributed by atoms with Crippen molar-refractivity contribution in [3.05, 3.63) is 90.0 Å². The van der Waals surface area contributed by atoms with Crippen LogP contribution in [0.15, 0.2) is 78.9 Å². The summed E-state index contributed by atoms with van der Waals surface area (Å²) >= 11 is 0. The number of carboxylic acids is 1. The minimum Gasteiger partial charge on any atom is -0.481 e. The number of benzene rings is 2. The average Bonchev–Trinajstić information content (AvgIpc) is 2.62. The third kappa shape index (κ3) is 3.45. The highest BCUT2D eigenvalue weighted by Crippen LogP contribution is 2.33. The van der Waals surface area contributed by atoms with Crippen molar-refractivity contribution in [1.82, 2.24) is 0 Å². The molecule has 0 amide bonds. The number of carboxylic acid groups (broad SMARTS) is 1. The van der Waals surface area contributed by atoms with Gasteiger partial charge < -0.3 is 14.9 Å². The van der Waals surface area contributed by atoms with E-state index in [2.05, 4.69) is 0 Å². The van der Waals surface area contributed by atoms with Crippen molar-refractivity contribution in [1.29, 1.82) is 0 Å². The molecule has 0 aliphatic heterocycles. The molecule has 122 valence electrons. The van der Waals surface area contributed by atoms with Gasteiger partial charge in [0.2, 0.25) is 5.79 Å². The van der Waals surface area contributed by atoms with Gasteiger partial charge in [-0.3, -0.25) is 4.79 Å². The molecule has 2 unspecified atom stereocenters. The van der Waals surface area contributed by atoms with E-state index < -0.39 is 17.7 Å². The second-order valence-electron chi connectivity index (χ2n) is 5.66. The van der Waals surface area contributed by atoms with E-state index in [0.717, 1.165) is 16.7 Å². The average molecular weight is 322 g/mol. The Morgan fingerprint density at radius 3 is 2.29 bits per heavy atom. The highest BCUT2D eigenvalue weighted by Gasteiger charge is 2.41. The van der Waals surface area contributed by atoms with Crippen LogP contribution < -0.4 is 0 Å². The summed E-state index contributed by atoms with van der Waals surface area (Å²) in [7, 11) is 0. The number of rotatable bonds is 5. The molecule has 0 aromatic heterocycles. The van der Waals surface area contributed by atoms with Crippen LogP contribution in [-0.4, -0.2) is 22.0 Å². The van der Waals surface area contributed by atoms with Crippen LogP contribution in [0, 0.1) is 5.92 Å². The van der Waals surface area contributed by atoms with Gasteiger partial charge in [-0.1, -0.05) is 72.8 Å². The largest absolute Gasteiger partial charge is 0.481 e. The van der Waals surface area contributed by atoms with Gasteiger partial charge in [-0.15, -0.1) is 0 Å². The van der Waals surface area contributed by atoms with E-state index in [1.54, 1.807) is 6.08 Å². The van der Waals surface area contributed by atoms with Gasteiger partial charge in [0.1, 0.15) is 5.92 Å². The van der Waals surface area contributed by atoms with Crippen LogP contribution in [0.5, 0.6) is 0 Å². The first-order valence-electron chi connectivity index (χ1n) is 7.68. The van der Waals surface area contributed by atoms with E-state index in [1.807, 2.05) is 60.7 Å². The van der Waals surface area contributed by atoms with E-state index in [9.17, 15) is 15.0 Å². The highest BCUT2D eigenvalue weighted by atomic mass is 16.6. The number of hydrogen-bond donors (Lipinski definition) is 2. The van der Waals surface area contributed by atoms with Crippen LogP contribution in [0.4, 0.5) is 0 Å². The second-order valence-corrected chi connectivity index (χ2v) is 5.66. The number of hydrogen-bond acceptors (Lipinski definition) is 3. The molecule has 0 spiro atoms. The maximum atomic E-state index is 11.6. The van der Waals surface area contributed by atoms with E-state index in [0.29, 0.717) is 0 Å². The molecule has 2 N–H and O–H groups in total. The third-order valence-electron chi connectivity index (χ3n) is 3.98. The topological polar surface area (TPSA) is 66.8 Å². The lowest BCUT2D eigenvalue weighted by Crippen LogP contribution is -2.43. The van der Waals surface area contributed by atoms with Gasteiger partial charge in [0.25, 0.3) is 0 Å². The van der Waals surface area contributed by atoms with Crippen molar-refractivity contribution in [2.75, 3.05) is 0 Å². The summed E-state index contributed by atoms with van der Waals surface area (Å²) in [5.41, 5.74) is 2.50. The van der Waals surface area contributed by atoms with Crippen molar-refractivity contribution in [3.63, 3.8) is 0 Å². The quantitative estimate of drug-likeness (QED) is 0.829. The Kier molecular flexibility index (Phi) is 4.60. The van der Waals surface area contributed by atoms with Crippen molar-refractivity contribution < 1.29 is 19.7 Å². The third-order valence-corrected chi connectivity index (χ3v) is 3.98. The summed E-state index contributed by atoms with van der Waals surface area (Å²) in [5.74, 6) is -4.19. The Hall–Kier alpha value is -2.69. The van der Waals surface area contributed by atoms with Crippen molar-refractivity contribution in [3.8, 4) is 0 Å². The zero-order valence-corrected chi connectivity index (χ0v) is 13.0. The predicted octanol–water partition coefficient (Wildman–Crippen LogP) is 3.25. The van der Waals surface area contributed by atoms with Gasteiger partial charge in [0, 0.05) is 0 Å². The number of allylic oxidation sites excluding steroid dienone is 2. The zero-order valence-electron chi connectivity index (χ0n) is 13.0. The van der Waals surface area contributed by atoms with E-state index in [4.69, 9.17) is 4.74 Å². The van der Waals surface area contributed by atoms with Gasteiger partial charge in [-0.05, 0) is 22.8 Å². The molecule has 0 saturated heterocycles. The molecule has 1 aliphatic rings. The smallest absolute Gasteiger partial charge is 0.316 e. The van der Waals surface area contributed by atoms with Crippen LogP contribution in [0.25, 0.3) is 5.57 Å². The molecule has 24 heavy (non-hydrogen) atoms. The standard InChI is InChI=1S/C20H18O4/c21-19(22)18-13-17(16-9-5-2-6-10-16)11-12-20(18,23)24-14-15-7-3-1-4-8-15/h1-13,18,23H,14H2,(H,21,22). The number of aliphatic carboxylic acids is 1. The summed E-state index contributed by atoms with van der Waals surface area (Å²) in [4.78, 5) is 11.6. The molecule has 0 bridgehead atoms. The maximum Gasteiger partial charge on any atom is 0.316 e. The lowest BCUT2D eigenvalue weighted by Gasteiger charge is -2.32. The molecule has 0 radical (unpaired) electrons. The zero-order chi connectivity index (χ0) is 17.0. The van der Waals surface area contributed by atoms with Crippen LogP contribution in [-0.2, 0) is 16.1 Å². The number of ether oxygens (including phenoxy) is 1. The molecule has 0 fully saturated rings.